The van der Waals surface area contributed by atoms with E-state index in [0.29, 0.717) is 0 Å². The van der Waals surface area contributed by atoms with Crippen LogP contribution in [0.4, 0.5) is 23.2 Å². The molecule has 0 bridgehead atoms. The van der Waals surface area contributed by atoms with E-state index in [-0.39, 0.29) is 21.8 Å². The minimum atomic E-state index is -1.74. The van der Waals surface area contributed by atoms with Crippen LogP contribution in [0.1, 0.15) is 0 Å². The highest BCUT2D eigenvalue weighted by molar-refractivity contribution is 6.35. The van der Waals surface area contributed by atoms with Crippen LogP contribution in [0, 0.1) is 23.3 Å². The van der Waals surface area contributed by atoms with Crippen LogP contribution < -0.4 is 10.1 Å². The highest BCUT2D eigenvalue weighted by Gasteiger charge is 2.21. The molecule has 23 heavy (non-hydrogen) atoms. The molecule has 0 unspecified atom stereocenters. The molecule has 1 amide bonds. The van der Waals surface area contributed by atoms with E-state index < -0.39 is 41.5 Å². The van der Waals surface area contributed by atoms with E-state index in [1.165, 1.54) is 18.2 Å². The molecule has 9 heteroatoms. The minimum Gasteiger partial charge on any atom is -0.477 e. The molecule has 0 aliphatic rings. The van der Waals surface area contributed by atoms with E-state index in [1.54, 1.807) is 0 Å². The monoisotopic (exact) mass is 367 g/mol. The van der Waals surface area contributed by atoms with Crippen LogP contribution in [0.2, 0.25) is 10.0 Å². The number of ether oxygens (including phenoxy) is 1. The Hall–Kier alpha value is -1.99. The summed E-state index contributed by atoms with van der Waals surface area (Å²) in [5.74, 6) is -8.95. The summed E-state index contributed by atoms with van der Waals surface area (Å²) in [6.45, 7) is -0.903. The summed E-state index contributed by atoms with van der Waals surface area (Å²) >= 11 is 11.5. The van der Waals surface area contributed by atoms with Gasteiger partial charge in [0.1, 0.15) is 0 Å². The first-order valence-corrected chi connectivity index (χ1v) is 6.76. The zero-order valence-electron chi connectivity index (χ0n) is 11.1. The number of anilines is 1. The van der Waals surface area contributed by atoms with Gasteiger partial charge in [-0.2, -0.15) is 8.78 Å². The molecule has 1 N–H and O–H groups in total. The first-order chi connectivity index (χ1) is 10.8. The average Bonchev–Trinajstić information content (AvgIpc) is 2.49. The van der Waals surface area contributed by atoms with E-state index in [1.807, 2.05) is 0 Å². The van der Waals surface area contributed by atoms with Crippen LogP contribution in [0.15, 0.2) is 24.3 Å². The summed E-state index contributed by atoms with van der Waals surface area (Å²) in [5, 5.41) is 2.73. The second kappa shape index (κ2) is 7.06. The van der Waals surface area contributed by atoms with Gasteiger partial charge < -0.3 is 10.1 Å². The fraction of sp³-hybridized carbons (Fsp3) is 0.0714. The van der Waals surface area contributed by atoms with Crippen molar-refractivity contribution in [2.75, 3.05) is 11.9 Å². The van der Waals surface area contributed by atoms with Crippen molar-refractivity contribution in [1.82, 2.24) is 0 Å². The molecule has 0 atom stereocenters. The van der Waals surface area contributed by atoms with E-state index in [9.17, 15) is 22.4 Å². The molecule has 0 radical (unpaired) electrons. The summed E-state index contributed by atoms with van der Waals surface area (Å²) < 4.78 is 57.2. The molecular formula is C14H7Cl2F4NO2. The Bertz CT molecular complexity index is 745. The van der Waals surface area contributed by atoms with Crippen LogP contribution in [-0.4, -0.2) is 12.5 Å². The predicted octanol–water partition coefficient (Wildman–Crippen LogP) is 4.57. The Labute approximate surface area is 137 Å². The van der Waals surface area contributed by atoms with Crippen LogP contribution in [-0.2, 0) is 4.79 Å². The second-order valence-corrected chi connectivity index (χ2v) is 5.10. The third kappa shape index (κ3) is 4.05. The molecule has 0 saturated carbocycles. The van der Waals surface area contributed by atoms with Crippen LogP contribution in [0.5, 0.6) is 5.75 Å². The largest absolute Gasteiger partial charge is 0.477 e. The molecular weight excluding hydrogens is 361 g/mol. The van der Waals surface area contributed by atoms with Gasteiger partial charge in [0.25, 0.3) is 5.91 Å². The van der Waals surface area contributed by atoms with Crippen molar-refractivity contribution in [3.8, 4) is 5.75 Å². The molecule has 2 aromatic rings. The van der Waals surface area contributed by atoms with Gasteiger partial charge in [-0.25, -0.2) is 8.78 Å². The Morgan fingerprint density at radius 1 is 1.04 bits per heavy atom. The zero-order chi connectivity index (χ0) is 17.1. The number of benzene rings is 2. The Balaban J connectivity index is 2.10. The molecule has 2 rings (SSSR count). The predicted molar refractivity (Wildman–Crippen MR) is 76.9 cm³/mol. The Morgan fingerprint density at radius 3 is 2.26 bits per heavy atom. The highest BCUT2D eigenvalue weighted by Crippen LogP contribution is 2.27. The van der Waals surface area contributed by atoms with E-state index in [0.717, 1.165) is 0 Å². The number of halogens is 6. The number of hydrogen-bond donors (Lipinski definition) is 1. The van der Waals surface area contributed by atoms with Gasteiger partial charge in [-0.1, -0.05) is 23.2 Å². The topological polar surface area (TPSA) is 38.3 Å². The van der Waals surface area contributed by atoms with Crippen molar-refractivity contribution in [3.63, 3.8) is 0 Å². The Kier molecular flexibility index (Phi) is 5.33. The molecule has 0 aliphatic heterocycles. The number of carbonyl (C=O) groups excluding carboxylic acids is 1. The van der Waals surface area contributed by atoms with Crippen LogP contribution in [0.3, 0.4) is 0 Å². The molecule has 122 valence electrons. The van der Waals surface area contributed by atoms with Gasteiger partial charge in [0, 0.05) is 11.1 Å². The van der Waals surface area contributed by atoms with Gasteiger partial charge in [0.05, 0.1) is 10.7 Å². The zero-order valence-corrected chi connectivity index (χ0v) is 12.6. The summed E-state index contributed by atoms with van der Waals surface area (Å²) in [7, 11) is 0. The maximum atomic E-state index is 13.4. The lowest BCUT2D eigenvalue weighted by molar-refractivity contribution is -0.118. The number of amides is 1. The van der Waals surface area contributed by atoms with Gasteiger partial charge in [0.2, 0.25) is 11.6 Å². The fourth-order valence-corrected chi connectivity index (χ4v) is 1.93. The second-order valence-electron chi connectivity index (χ2n) is 4.26. The quantitative estimate of drug-likeness (QED) is 0.635. The van der Waals surface area contributed by atoms with Gasteiger partial charge in [-0.05, 0) is 18.2 Å². The van der Waals surface area contributed by atoms with Crippen molar-refractivity contribution in [2.24, 2.45) is 0 Å². The molecule has 0 aromatic heterocycles. The highest BCUT2D eigenvalue weighted by atomic mass is 35.5. The molecule has 3 nitrogen and oxygen atoms in total. The SMILES string of the molecule is O=C(COc1c(F)c(F)cc(F)c1F)Nc1cc(Cl)ccc1Cl. The van der Waals surface area contributed by atoms with E-state index >= 15 is 0 Å². The number of carbonyl (C=O) groups is 1. The molecule has 0 heterocycles. The van der Waals surface area contributed by atoms with Gasteiger partial charge in [-0.3, -0.25) is 4.79 Å². The number of nitrogens with one attached hydrogen (secondary N) is 1. The fourth-order valence-electron chi connectivity index (χ4n) is 1.60. The van der Waals surface area contributed by atoms with Gasteiger partial charge in [-0.15, -0.1) is 0 Å². The lowest BCUT2D eigenvalue weighted by atomic mass is 10.3. The van der Waals surface area contributed by atoms with Crippen molar-refractivity contribution in [3.05, 3.63) is 57.6 Å². The third-order valence-electron chi connectivity index (χ3n) is 2.62. The lowest BCUT2D eigenvalue weighted by Crippen LogP contribution is -2.21. The summed E-state index contributed by atoms with van der Waals surface area (Å²) in [5.41, 5.74) is 0.138. The van der Waals surface area contributed by atoms with Gasteiger partial charge >= 0.3 is 0 Å². The van der Waals surface area contributed by atoms with Crippen LogP contribution >= 0.6 is 23.2 Å². The van der Waals surface area contributed by atoms with E-state index in [4.69, 9.17) is 23.2 Å². The first kappa shape index (κ1) is 17.4. The molecule has 2 aromatic carbocycles. The molecule has 0 saturated heterocycles. The molecule has 0 spiro atoms. The average molecular weight is 368 g/mol. The number of hydrogen-bond acceptors (Lipinski definition) is 2. The van der Waals surface area contributed by atoms with Gasteiger partial charge in [0.15, 0.2) is 24.0 Å². The maximum Gasteiger partial charge on any atom is 0.262 e. The molecule has 0 aliphatic carbocycles. The van der Waals surface area contributed by atoms with Crippen molar-refractivity contribution in [1.29, 1.82) is 0 Å². The van der Waals surface area contributed by atoms with E-state index in [2.05, 4.69) is 10.1 Å². The first-order valence-electron chi connectivity index (χ1n) is 6.00. The Morgan fingerprint density at radius 2 is 1.65 bits per heavy atom. The minimum absolute atomic E-state index is 0.0311. The third-order valence-corrected chi connectivity index (χ3v) is 3.19. The maximum absolute atomic E-state index is 13.4. The summed E-state index contributed by atoms with van der Waals surface area (Å²) in [6, 6.07) is 4.27. The van der Waals surface area contributed by atoms with Crippen molar-refractivity contribution < 1.29 is 27.1 Å². The number of rotatable bonds is 4. The lowest BCUT2D eigenvalue weighted by Gasteiger charge is -2.11. The standard InChI is InChI=1S/C14H7Cl2F4NO2/c15-6-1-2-7(16)10(3-6)21-11(22)5-23-14-12(19)8(17)4-9(18)13(14)20/h1-4H,5H2,(H,21,22). The van der Waals surface area contributed by atoms with Crippen LogP contribution in [0.25, 0.3) is 0 Å². The summed E-state index contributed by atoms with van der Waals surface area (Å²) in [4.78, 5) is 11.7. The molecule has 0 fully saturated rings. The van der Waals surface area contributed by atoms with Crippen molar-refractivity contribution in [2.45, 2.75) is 0 Å². The summed E-state index contributed by atoms with van der Waals surface area (Å²) in [6.07, 6.45) is 0. The normalized spacial score (nSPS) is 10.5. The smallest absolute Gasteiger partial charge is 0.262 e. The van der Waals surface area contributed by atoms with Crippen molar-refractivity contribution >= 4 is 34.8 Å².